The fraction of sp³-hybridized carbons (Fsp3) is 0.460. The quantitative estimate of drug-likeness (QED) is 0.0548. The molecule has 1 aromatic heterocycles. The number of ether oxygens (including phenoxy) is 3. The van der Waals surface area contributed by atoms with Gasteiger partial charge in [-0.2, -0.15) is 18.4 Å². The predicted octanol–water partition coefficient (Wildman–Crippen LogP) is 7.53. The second-order valence-corrected chi connectivity index (χ2v) is 19.0. The number of hydrogen-bond acceptors (Lipinski definition) is 12. The smallest absolute Gasteiger partial charge is 0.417 e. The van der Waals surface area contributed by atoms with Gasteiger partial charge in [0.05, 0.1) is 53.8 Å². The van der Waals surface area contributed by atoms with Gasteiger partial charge in [0.15, 0.2) is 23.0 Å². The van der Waals surface area contributed by atoms with Gasteiger partial charge < -0.3 is 39.3 Å². The second kappa shape index (κ2) is 22.5. The monoisotopic (exact) mass is 974 g/mol. The number of aliphatic hydroxyl groups is 1. The third kappa shape index (κ3) is 12.9. The zero-order valence-electron chi connectivity index (χ0n) is 39.1. The molecule has 1 unspecified atom stereocenters. The fourth-order valence-electron chi connectivity index (χ4n) is 8.39. The maximum Gasteiger partial charge on any atom is 0.417 e. The number of alkyl halides is 3. The van der Waals surface area contributed by atoms with Crippen LogP contribution >= 0.6 is 12.2 Å². The van der Waals surface area contributed by atoms with Gasteiger partial charge in [0.1, 0.15) is 17.9 Å². The molecule has 0 radical (unpaired) electrons. The van der Waals surface area contributed by atoms with Crippen molar-refractivity contribution in [2.24, 2.45) is 17.3 Å². The highest BCUT2D eigenvalue weighted by atomic mass is 32.1. The Morgan fingerprint density at radius 3 is 2.25 bits per heavy atom. The molecule has 1 saturated carbocycles. The van der Waals surface area contributed by atoms with Crippen LogP contribution < -0.4 is 25.2 Å². The first kappa shape index (κ1) is 52.2. The van der Waals surface area contributed by atoms with Crippen molar-refractivity contribution in [2.45, 2.75) is 97.1 Å². The van der Waals surface area contributed by atoms with Crippen molar-refractivity contribution in [3.8, 4) is 23.1 Å². The SMILES string of the molecule is CC(C)(C)[C@H](NC(=O)COCCCOCCCCOc1ccc(N2C(=S)N(c3ccc(C#N)c(C(F)(F)F)c3)C(=O)C2(C)C)cc1)C(=O)C1C[C@H](O)C[C@H]1C(=O)NCc1ccc(-c2cnco2)cc1. The summed E-state index contributed by atoms with van der Waals surface area (Å²) < 4.78 is 63.6. The topological polar surface area (TPSA) is 197 Å². The zero-order valence-corrected chi connectivity index (χ0v) is 40.0. The van der Waals surface area contributed by atoms with Crippen molar-refractivity contribution in [2.75, 3.05) is 42.8 Å². The summed E-state index contributed by atoms with van der Waals surface area (Å²) in [6.45, 7) is 10.2. The number of benzene rings is 3. The third-order valence-electron chi connectivity index (χ3n) is 12.0. The van der Waals surface area contributed by atoms with Crippen LogP contribution in [0.5, 0.6) is 5.75 Å². The van der Waals surface area contributed by atoms with Crippen LogP contribution in [0.1, 0.15) is 83.4 Å². The summed E-state index contributed by atoms with van der Waals surface area (Å²) in [6.07, 6.45) is -0.474. The molecule has 2 heterocycles. The molecule has 6 rings (SSSR count). The number of nitrogens with zero attached hydrogens (tertiary/aromatic N) is 4. The number of anilines is 2. The molecule has 3 aromatic carbocycles. The number of halogens is 3. The van der Waals surface area contributed by atoms with Crippen molar-refractivity contribution in [3.63, 3.8) is 0 Å². The molecule has 69 heavy (non-hydrogen) atoms. The Hall–Kier alpha value is -6.20. The fourth-order valence-corrected chi connectivity index (χ4v) is 8.91. The van der Waals surface area contributed by atoms with E-state index < -0.39 is 64.1 Å². The number of amides is 3. The van der Waals surface area contributed by atoms with Crippen LogP contribution in [0.25, 0.3) is 11.3 Å². The van der Waals surface area contributed by atoms with Crippen molar-refractivity contribution >= 4 is 52.2 Å². The molecule has 2 aliphatic rings. The van der Waals surface area contributed by atoms with Gasteiger partial charge in [0, 0.05) is 43.5 Å². The molecular formula is C50H57F3N6O9S. The molecule has 4 aromatic rings. The largest absolute Gasteiger partial charge is 0.494 e. The molecule has 0 bridgehead atoms. The molecule has 0 spiro atoms. The number of aliphatic hydroxyl groups excluding tert-OH is 1. The van der Waals surface area contributed by atoms with E-state index in [1.165, 1.54) is 12.5 Å². The lowest BCUT2D eigenvalue weighted by atomic mass is 9.77. The minimum Gasteiger partial charge on any atom is -0.494 e. The number of nitriles is 1. The molecule has 1 aliphatic carbocycles. The molecule has 1 aliphatic heterocycles. The molecule has 3 N–H and O–H groups in total. The molecule has 15 nitrogen and oxygen atoms in total. The summed E-state index contributed by atoms with van der Waals surface area (Å²) in [7, 11) is 0. The first-order chi connectivity index (χ1) is 32.7. The summed E-state index contributed by atoms with van der Waals surface area (Å²) in [5, 5.41) is 25.5. The van der Waals surface area contributed by atoms with Gasteiger partial charge in [-0.1, -0.05) is 45.0 Å². The Labute approximate surface area is 404 Å². The number of thiocarbonyl (C=S) groups is 1. The predicted molar refractivity (Wildman–Crippen MR) is 253 cm³/mol. The van der Waals surface area contributed by atoms with Crippen molar-refractivity contribution in [3.05, 3.63) is 96.0 Å². The van der Waals surface area contributed by atoms with E-state index in [4.69, 9.17) is 30.8 Å². The van der Waals surface area contributed by atoms with Gasteiger partial charge in [0.25, 0.3) is 5.91 Å². The summed E-state index contributed by atoms with van der Waals surface area (Å²) in [6, 6.07) is 18.0. The van der Waals surface area contributed by atoms with Gasteiger partial charge in [0.2, 0.25) is 11.8 Å². The molecule has 1 saturated heterocycles. The number of nitrogens with one attached hydrogen (secondary N) is 2. The summed E-state index contributed by atoms with van der Waals surface area (Å²) in [4.78, 5) is 60.4. The number of carbonyl (C=O) groups excluding carboxylic acids is 4. The number of rotatable bonds is 21. The highest BCUT2D eigenvalue weighted by Gasteiger charge is 2.51. The highest BCUT2D eigenvalue weighted by Crippen LogP contribution is 2.40. The normalized spacial score (nSPS) is 18.5. The molecule has 4 atom stereocenters. The van der Waals surface area contributed by atoms with Gasteiger partial charge in [-0.3, -0.25) is 24.1 Å². The Morgan fingerprint density at radius 2 is 1.59 bits per heavy atom. The van der Waals surface area contributed by atoms with Crippen molar-refractivity contribution < 1.29 is 56.1 Å². The van der Waals surface area contributed by atoms with E-state index >= 15 is 0 Å². The van der Waals surface area contributed by atoms with E-state index in [1.54, 1.807) is 55.3 Å². The maximum absolute atomic E-state index is 14.0. The van der Waals surface area contributed by atoms with Crippen LogP contribution in [-0.4, -0.2) is 89.4 Å². The lowest BCUT2D eigenvalue weighted by molar-refractivity contribution is -0.138. The number of hydrogen-bond donors (Lipinski definition) is 3. The molecular weight excluding hydrogens is 918 g/mol. The highest BCUT2D eigenvalue weighted by molar-refractivity contribution is 7.81. The average molecular weight is 975 g/mol. The average Bonchev–Trinajstić information content (AvgIpc) is 4.03. The van der Waals surface area contributed by atoms with Gasteiger partial charge >= 0.3 is 6.18 Å². The number of carbonyl (C=O) groups is 4. The number of aromatic nitrogens is 1. The van der Waals surface area contributed by atoms with E-state index in [9.17, 15) is 42.7 Å². The number of ketones is 1. The second-order valence-electron chi connectivity index (χ2n) is 18.6. The summed E-state index contributed by atoms with van der Waals surface area (Å²) in [5.74, 6) is -1.98. The van der Waals surface area contributed by atoms with E-state index in [1.807, 2.05) is 45.0 Å². The van der Waals surface area contributed by atoms with Gasteiger partial charge in [-0.15, -0.1) is 0 Å². The number of oxazole rings is 1. The summed E-state index contributed by atoms with van der Waals surface area (Å²) >= 11 is 5.62. The van der Waals surface area contributed by atoms with Crippen LogP contribution in [0, 0.1) is 28.6 Å². The van der Waals surface area contributed by atoms with Gasteiger partial charge in [-0.25, -0.2) is 4.98 Å². The molecule has 3 amide bonds. The van der Waals surface area contributed by atoms with Gasteiger partial charge in [-0.05, 0) is 112 Å². The minimum atomic E-state index is -4.80. The Morgan fingerprint density at radius 1 is 0.942 bits per heavy atom. The molecule has 19 heteroatoms. The Bertz CT molecular complexity index is 2490. The summed E-state index contributed by atoms with van der Waals surface area (Å²) in [5.41, 5.74) is -1.48. The van der Waals surface area contributed by atoms with E-state index in [0.29, 0.717) is 56.3 Å². The maximum atomic E-state index is 14.0. The minimum absolute atomic E-state index is 0.00711. The van der Waals surface area contributed by atoms with E-state index in [-0.39, 0.29) is 55.1 Å². The lowest BCUT2D eigenvalue weighted by Crippen LogP contribution is -2.53. The molecule has 368 valence electrons. The van der Waals surface area contributed by atoms with Crippen LogP contribution in [0.3, 0.4) is 0 Å². The van der Waals surface area contributed by atoms with Crippen LogP contribution in [0.2, 0.25) is 0 Å². The van der Waals surface area contributed by atoms with Crippen LogP contribution in [0.15, 0.2) is 83.7 Å². The molecule has 2 fully saturated rings. The van der Waals surface area contributed by atoms with E-state index in [2.05, 4.69) is 15.6 Å². The van der Waals surface area contributed by atoms with Crippen LogP contribution in [-0.2, 0) is 41.4 Å². The van der Waals surface area contributed by atoms with E-state index in [0.717, 1.165) is 28.2 Å². The third-order valence-corrected chi connectivity index (χ3v) is 12.4. The standard InChI is InChI=1S/C50H57F3N6O9S/c1-48(2,3)44(43(62)38-24-36(60)25-39(38)45(63)56-27-31-9-11-32(12-10-31)41-28-55-30-68-41)57-42(61)29-66-21-8-20-65-19-6-7-22-67-37-17-15-34(16-18-37)59-47(69)58(46(64)49(59,4)5)35-14-13-33(26-54)40(23-35)50(51,52)53/h9-18,23,28,30,36,38-39,44,60H,6-8,19-22,24-25,27,29H2,1-5H3,(H,56,63)(H,57,61)/t36-,38?,39+,44+/m0/s1. The first-order valence-electron chi connectivity index (χ1n) is 22.7. The lowest BCUT2D eigenvalue weighted by Gasteiger charge is -2.33. The van der Waals surface area contributed by atoms with Crippen LogP contribution in [0.4, 0.5) is 24.5 Å². The van der Waals surface area contributed by atoms with Crippen molar-refractivity contribution in [1.29, 1.82) is 5.26 Å². The number of unbranched alkanes of at least 4 members (excludes halogenated alkanes) is 1. The zero-order chi connectivity index (χ0) is 50.1. The Balaban J connectivity index is 0.865. The number of Topliss-reactive ketones (excluding diaryl/α,β-unsaturated/α-hetero) is 1. The van der Waals surface area contributed by atoms with Crippen molar-refractivity contribution in [1.82, 2.24) is 15.6 Å². The first-order valence-corrected chi connectivity index (χ1v) is 23.1. The Kier molecular flexibility index (Phi) is 17.0.